The highest BCUT2D eigenvalue weighted by molar-refractivity contribution is 5.84. The van der Waals surface area contributed by atoms with Crippen molar-refractivity contribution in [2.45, 2.75) is 0 Å². The van der Waals surface area contributed by atoms with Gasteiger partial charge in [-0.15, -0.1) is 0 Å². The number of para-hydroxylation sites is 2. The first-order chi connectivity index (χ1) is 10.8. The van der Waals surface area contributed by atoms with Gasteiger partial charge in [-0.25, -0.2) is 4.98 Å². The monoisotopic (exact) mass is 285 g/mol. The van der Waals surface area contributed by atoms with Crippen molar-refractivity contribution in [3.8, 4) is 22.5 Å². The largest absolute Gasteiger partial charge is 0.398 e. The highest BCUT2D eigenvalue weighted by Gasteiger charge is 2.09. The highest BCUT2D eigenvalue weighted by atomic mass is 14.9. The maximum absolute atomic E-state index is 6.25. The van der Waals surface area contributed by atoms with Gasteiger partial charge in [-0.2, -0.15) is 0 Å². The predicted molar refractivity (Wildman–Crippen MR) is 91.4 cm³/mol. The number of nitrogens with one attached hydrogen (secondary N) is 1. The Labute approximate surface area is 128 Å². The summed E-state index contributed by atoms with van der Waals surface area (Å²) in [5.74, 6) is 0.804. The SMILES string of the molecule is Nc1cc(-c2ccccc2)ccc1-c1nc2ccccc2[nH]1. The van der Waals surface area contributed by atoms with Crippen LogP contribution in [-0.2, 0) is 0 Å². The second-order valence-corrected chi connectivity index (χ2v) is 5.27. The molecule has 0 bridgehead atoms. The van der Waals surface area contributed by atoms with Crippen LogP contribution in [0.15, 0.2) is 72.8 Å². The number of nitrogen functional groups attached to an aromatic ring is 1. The molecule has 3 aromatic carbocycles. The molecule has 0 aliphatic carbocycles. The van der Waals surface area contributed by atoms with Gasteiger partial charge in [0.25, 0.3) is 0 Å². The first-order valence-electron chi connectivity index (χ1n) is 7.21. The minimum atomic E-state index is 0.723. The van der Waals surface area contributed by atoms with Crippen LogP contribution in [0.1, 0.15) is 0 Å². The number of fused-ring (bicyclic) bond motifs is 1. The molecule has 0 spiro atoms. The van der Waals surface area contributed by atoms with Gasteiger partial charge in [0, 0.05) is 11.3 Å². The van der Waals surface area contributed by atoms with E-state index in [9.17, 15) is 0 Å². The van der Waals surface area contributed by atoms with Crippen molar-refractivity contribution >= 4 is 16.7 Å². The number of H-pyrrole nitrogens is 1. The topological polar surface area (TPSA) is 54.7 Å². The van der Waals surface area contributed by atoms with Gasteiger partial charge in [0.2, 0.25) is 0 Å². The Morgan fingerprint density at radius 1 is 0.773 bits per heavy atom. The van der Waals surface area contributed by atoms with Crippen molar-refractivity contribution in [3.05, 3.63) is 72.8 Å². The van der Waals surface area contributed by atoms with Gasteiger partial charge in [0.15, 0.2) is 0 Å². The molecule has 4 rings (SSSR count). The number of nitrogens with two attached hydrogens (primary N) is 1. The fourth-order valence-electron chi connectivity index (χ4n) is 2.67. The lowest BCUT2D eigenvalue weighted by Gasteiger charge is -2.06. The number of anilines is 1. The lowest BCUT2D eigenvalue weighted by atomic mass is 10.0. The number of benzene rings is 3. The predicted octanol–water partition coefficient (Wildman–Crippen LogP) is 4.48. The number of imidazole rings is 1. The van der Waals surface area contributed by atoms with Crippen molar-refractivity contribution in [2.75, 3.05) is 5.73 Å². The summed E-state index contributed by atoms with van der Waals surface area (Å²) in [5, 5.41) is 0. The Morgan fingerprint density at radius 3 is 2.32 bits per heavy atom. The summed E-state index contributed by atoms with van der Waals surface area (Å²) in [6.07, 6.45) is 0. The van der Waals surface area contributed by atoms with E-state index < -0.39 is 0 Å². The van der Waals surface area contributed by atoms with Crippen LogP contribution in [-0.4, -0.2) is 9.97 Å². The summed E-state index contributed by atoms with van der Waals surface area (Å²) < 4.78 is 0. The summed E-state index contributed by atoms with van der Waals surface area (Å²) in [4.78, 5) is 7.93. The molecular weight excluding hydrogens is 270 g/mol. The van der Waals surface area contributed by atoms with Crippen LogP contribution in [0.5, 0.6) is 0 Å². The zero-order valence-electron chi connectivity index (χ0n) is 12.0. The van der Waals surface area contributed by atoms with Gasteiger partial charge in [0.1, 0.15) is 5.82 Å². The number of aromatic amines is 1. The lowest BCUT2D eigenvalue weighted by Crippen LogP contribution is -1.92. The Hall–Kier alpha value is -3.07. The van der Waals surface area contributed by atoms with Crippen LogP contribution in [0.3, 0.4) is 0 Å². The van der Waals surface area contributed by atoms with Crippen LogP contribution in [0, 0.1) is 0 Å². The van der Waals surface area contributed by atoms with E-state index in [1.807, 2.05) is 54.6 Å². The minimum Gasteiger partial charge on any atom is -0.398 e. The van der Waals surface area contributed by atoms with E-state index in [2.05, 4.69) is 28.2 Å². The molecule has 0 unspecified atom stereocenters. The molecule has 4 aromatic rings. The van der Waals surface area contributed by atoms with Crippen molar-refractivity contribution in [3.63, 3.8) is 0 Å². The average molecular weight is 285 g/mol. The number of rotatable bonds is 2. The van der Waals surface area contributed by atoms with Crippen LogP contribution in [0.4, 0.5) is 5.69 Å². The first-order valence-corrected chi connectivity index (χ1v) is 7.21. The second-order valence-electron chi connectivity index (χ2n) is 5.27. The van der Waals surface area contributed by atoms with E-state index >= 15 is 0 Å². The van der Waals surface area contributed by atoms with E-state index in [1.54, 1.807) is 0 Å². The number of hydrogen-bond donors (Lipinski definition) is 2. The maximum Gasteiger partial charge on any atom is 0.140 e. The Bertz CT molecular complexity index is 906. The number of nitrogens with zero attached hydrogens (tertiary/aromatic N) is 1. The fraction of sp³-hybridized carbons (Fsp3) is 0. The Morgan fingerprint density at radius 2 is 1.55 bits per heavy atom. The molecule has 0 atom stereocenters. The molecule has 0 saturated carbocycles. The molecule has 22 heavy (non-hydrogen) atoms. The highest BCUT2D eigenvalue weighted by Crippen LogP contribution is 2.30. The molecule has 106 valence electrons. The standard InChI is InChI=1S/C19H15N3/c20-16-12-14(13-6-2-1-3-7-13)10-11-15(16)19-21-17-8-4-5-9-18(17)22-19/h1-12H,20H2,(H,21,22). The molecule has 0 saturated heterocycles. The third kappa shape index (κ3) is 2.13. The quantitative estimate of drug-likeness (QED) is 0.533. The zero-order valence-corrected chi connectivity index (χ0v) is 12.0. The lowest BCUT2D eigenvalue weighted by molar-refractivity contribution is 1.34. The van der Waals surface area contributed by atoms with Crippen LogP contribution < -0.4 is 5.73 Å². The average Bonchev–Trinajstić information content (AvgIpc) is 2.99. The molecule has 1 heterocycles. The Kier molecular flexibility index (Phi) is 2.90. The number of hydrogen-bond acceptors (Lipinski definition) is 2. The minimum absolute atomic E-state index is 0.723. The summed E-state index contributed by atoms with van der Waals surface area (Å²) >= 11 is 0. The molecule has 3 nitrogen and oxygen atoms in total. The number of aromatic nitrogens is 2. The maximum atomic E-state index is 6.25. The summed E-state index contributed by atoms with van der Waals surface area (Å²) in [6, 6.07) is 24.3. The molecule has 0 aliphatic heterocycles. The molecular formula is C19H15N3. The molecule has 3 N–H and O–H groups in total. The van der Waals surface area contributed by atoms with E-state index in [-0.39, 0.29) is 0 Å². The zero-order chi connectivity index (χ0) is 14.9. The molecule has 0 aliphatic rings. The normalized spacial score (nSPS) is 10.9. The molecule has 0 radical (unpaired) electrons. The first kappa shape index (κ1) is 12.7. The second kappa shape index (κ2) is 5.04. The van der Waals surface area contributed by atoms with Crippen LogP contribution in [0.25, 0.3) is 33.5 Å². The third-order valence-corrected chi connectivity index (χ3v) is 3.80. The van der Waals surface area contributed by atoms with E-state index in [1.165, 1.54) is 0 Å². The van der Waals surface area contributed by atoms with Crippen molar-refractivity contribution in [1.29, 1.82) is 0 Å². The van der Waals surface area contributed by atoms with Crippen molar-refractivity contribution in [1.82, 2.24) is 9.97 Å². The van der Waals surface area contributed by atoms with Crippen molar-refractivity contribution < 1.29 is 0 Å². The molecule has 3 heteroatoms. The third-order valence-electron chi connectivity index (χ3n) is 3.80. The molecule has 1 aromatic heterocycles. The van der Waals surface area contributed by atoms with Crippen LogP contribution in [0.2, 0.25) is 0 Å². The molecule has 0 fully saturated rings. The summed E-state index contributed by atoms with van der Waals surface area (Å²) in [6.45, 7) is 0. The van der Waals surface area contributed by atoms with Gasteiger partial charge >= 0.3 is 0 Å². The van der Waals surface area contributed by atoms with E-state index in [4.69, 9.17) is 5.73 Å². The van der Waals surface area contributed by atoms with E-state index in [0.29, 0.717) is 0 Å². The fourth-order valence-corrected chi connectivity index (χ4v) is 2.67. The van der Waals surface area contributed by atoms with E-state index in [0.717, 1.165) is 39.2 Å². The van der Waals surface area contributed by atoms with Gasteiger partial charge in [-0.1, -0.05) is 48.5 Å². The van der Waals surface area contributed by atoms with Gasteiger partial charge < -0.3 is 10.7 Å². The van der Waals surface area contributed by atoms with Gasteiger partial charge in [-0.05, 0) is 35.4 Å². The van der Waals surface area contributed by atoms with Gasteiger partial charge in [-0.3, -0.25) is 0 Å². The summed E-state index contributed by atoms with van der Waals surface area (Å²) in [5.41, 5.74) is 12.1. The Balaban J connectivity index is 1.80. The molecule has 0 amide bonds. The summed E-state index contributed by atoms with van der Waals surface area (Å²) in [7, 11) is 0. The van der Waals surface area contributed by atoms with Crippen molar-refractivity contribution in [2.24, 2.45) is 0 Å². The van der Waals surface area contributed by atoms with Gasteiger partial charge in [0.05, 0.1) is 11.0 Å². The smallest absolute Gasteiger partial charge is 0.140 e. The van der Waals surface area contributed by atoms with Crippen LogP contribution >= 0.6 is 0 Å².